The molecule has 2 aromatic carbocycles. The maximum absolute atomic E-state index is 13.7. The van der Waals surface area contributed by atoms with Gasteiger partial charge in [-0.3, -0.25) is 13.9 Å². The molecule has 2 amide bonds. The number of carbonyl (C=O) groups excluding carboxylic acids is 2. The standard InChI is InChI=1S/C26H36ClN3O5S/c1-8-22(25(32)28-26(3,4)5)29(16-19-11-9-18(2)10-12-19)24(31)17-30(36(7,33)34)20-13-14-23(35-6)21(27)15-20/h9-15,22H,8,16-17H2,1-7H3,(H,28,32). The Morgan fingerprint density at radius 2 is 1.72 bits per heavy atom. The molecule has 0 heterocycles. The number of amides is 2. The van der Waals surface area contributed by atoms with Crippen molar-refractivity contribution in [3.63, 3.8) is 0 Å². The summed E-state index contributed by atoms with van der Waals surface area (Å²) in [5.74, 6) is -0.432. The number of rotatable bonds is 10. The molecule has 2 rings (SSSR count). The van der Waals surface area contributed by atoms with E-state index in [0.717, 1.165) is 21.7 Å². The summed E-state index contributed by atoms with van der Waals surface area (Å²) >= 11 is 6.22. The molecule has 36 heavy (non-hydrogen) atoms. The minimum atomic E-state index is -3.86. The number of nitrogens with one attached hydrogen (secondary N) is 1. The number of methoxy groups -OCH3 is 1. The SMILES string of the molecule is CCC(C(=O)NC(C)(C)C)N(Cc1ccc(C)cc1)C(=O)CN(c1ccc(OC)c(Cl)c1)S(C)(=O)=O. The van der Waals surface area contributed by atoms with Gasteiger partial charge in [0.2, 0.25) is 21.8 Å². The lowest BCUT2D eigenvalue weighted by atomic mass is 10.1. The van der Waals surface area contributed by atoms with Crippen molar-refractivity contribution in [2.75, 3.05) is 24.2 Å². The minimum Gasteiger partial charge on any atom is -0.495 e. The fourth-order valence-electron chi connectivity index (χ4n) is 3.69. The highest BCUT2D eigenvalue weighted by Crippen LogP contribution is 2.30. The monoisotopic (exact) mass is 537 g/mol. The fourth-order valence-corrected chi connectivity index (χ4v) is 4.78. The zero-order valence-corrected chi connectivity index (χ0v) is 23.5. The Labute approximate surface area is 219 Å². The second-order valence-electron chi connectivity index (χ2n) is 9.76. The van der Waals surface area contributed by atoms with Gasteiger partial charge < -0.3 is 15.0 Å². The van der Waals surface area contributed by atoms with Crippen LogP contribution in [0, 0.1) is 6.92 Å². The van der Waals surface area contributed by atoms with Gasteiger partial charge in [0.05, 0.1) is 24.1 Å². The number of halogens is 1. The van der Waals surface area contributed by atoms with Crippen molar-refractivity contribution in [3.05, 3.63) is 58.6 Å². The average molecular weight is 538 g/mol. The van der Waals surface area contributed by atoms with Crippen molar-refractivity contribution in [1.82, 2.24) is 10.2 Å². The summed E-state index contributed by atoms with van der Waals surface area (Å²) in [5.41, 5.74) is 1.61. The van der Waals surface area contributed by atoms with E-state index in [9.17, 15) is 18.0 Å². The second-order valence-corrected chi connectivity index (χ2v) is 12.1. The van der Waals surface area contributed by atoms with Gasteiger partial charge in [0.1, 0.15) is 18.3 Å². The molecule has 1 N–H and O–H groups in total. The number of nitrogens with zero attached hydrogens (tertiary/aromatic N) is 2. The van der Waals surface area contributed by atoms with E-state index < -0.39 is 34.1 Å². The number of benzene rings is 2. The predicted molar refractivity (Wildman–Crippen MR) is 144 cm³/mol. The lowest BCUT2D eigenvalue weighted by Crippen LogP contribution is -2.55. The van der Waals surface area contributed by atoms with Gasteiger partial charge in [-0.1, -0.05) is 48.4 Å². The van der Waals surface area contributed by atoms with Crippen molar-refractivity contribution < 1.29 is 22.7 Å². The minimum absolute atomic E-state index is 0.149. The summed E-state index contributed by atoms with van der Waals surface area (Å²) < 4.78 is 31.6. The Hall–Kier alpha value is -2.78. The molecule has 0 aromatic heterocycles. The van der Waals surface area contributed by atoms with Crippen LogP contribution in [0.1, 0.15) is 45.2 Å². The number of carbonyl (C=O) groups is 2. The maximum Gasteiger partial charge on any atom is 0.244 e. The van der Waals surface area contributed by atoms with Crippen molar-refractivity contribution in [1.29, 1.82) is 0 Å². The van der Waals surface area contributed by atoms with Crippen LogP contribution < -0.4 is 14.4 Å². The summed E-state index contributed by atoms with van der Waals surface area (Å²) in [5, 5.41) is 3.15. The van der Waals surface area contributed by atoms with Gasteiger partial charge in [-0.05, 0) is 57.9 Å². The zero-order chi connectivity index (χ0) is 27.3. The van der Waals surface area contributed by atoms with E-state index in [1.165, 1.54) is 30.2 Å². The molecule has 0 bridgehead atoms. The van der Waals surface area contributed by atoms with Gasteiger partial charge >= 0.3 is 0 Å². The number of hydrogen-bond donors (Lipinski definition) is 1. The van der Waals surface area contributed by atoms with E-state index in [-0.39, 0.29) is 23.2 Å². The molecule has 0 aliphatic rings. The van der Waals surface area contributed by atoms with Crippen LogP contribution in [0.5, 0.6) is 5.75 Å². The number of sulfonamides is 1. The summed E-state index contributed by atoms with van der Waals surface area (Å²) in [6, 6.07) is 11.3. The maximum atomic E-state index is 13.7. The molecule has 1 atom stereocenters. The third-order valence-corrected chi connectivity index (χ3v) is 6.90. The summed E-state index contributed by atoms with van der Waals surface area (Å²) in [6.45, 7) is 9.03. The Kier molecular flexibility index (Phi) is 9.79. The van der Waals surface area contributed by atoms with Crippen LogP contribution >= 0.6 is 11.6 Å². The quantitative estimate of drug-likeness (QED) is 0.491. The Bertz CT molecular complexity index is 1180. The highest BCUT2D eigenvalue weighted by atomic mass is 35.5. The number of anilines is 1. The summed E-state index contributed by atoms with van der Waals surface area (Å²) in [6.07, 6.45) is 1.37. The molecule has 0 fully saturated rings. The molecule has 198 valence electrons. The first-order chi connectivity index (χ1) is 16.7. The van der Waals surface area contributed by atoms with Gasteiger partial charge in [0.25, 0.3) is 0 Å². The number of aryl methyl sites for hydroxylation is 1. The van der Waals surface area contributed by atoms with Gasteiger partial charge in [-0.25, -0.2) is 8.42 Å². The van der Waals surface area contributed by atoms with Gasteiger partial charge in [0.15, 0.2) is 0 Å². The van der Waals surface area contributed by atoms with Crippen molar-refractivity contribution in [2.45, 2.75) is 59.2 Å². The first-order valence-corrected chi connectivity index (χ1v) is 13.9. The topological polar surface area (TPSA) is 96.0 Å². The molecule has 0 saturated carbocycles. The molecule has 8 nitrogen and oxygen atoms in total. The van der Waals surface area contributed by atoms with Crippen LogP contribution in [0.2, 0.25) is 5.02 Å². The van der Waals surface area contributed by atoms with Crippen molar-refractivity contribution in [2.24, 2.45) is 0 Å². The molecule has 0 radical (unpaired) electrons. The zero-order valence-electron chi connectivity index (χ0n) is 22.0. The largest absolute Gasteiger partial charge is 0.495 e. The van der Waals surface area contributed by atoms with E-state index in [4.69, 9.17) is 16.3 Å². The predicted octanol–water partition coefficient (Wildman–Crippen LogP) is 4.15. The Balaban J connectivity index is 2.47. The summed E-state index contributed by atoms with van der Waals surface area (Å²) in [7, 11) is -2.40. The van der Waals surface area contributed by atoms with Crippen LogP contribution in [0.25, 0.3) is 0 Å². The number of ether oxygens (including phenoxy) is 1. The fraction of sp³-hybridized carbons (Fsp3) is 0.462. The molecule has 10 heteroatoms. The highest BCUT2D eigenvalue weighted by Gasteiger charge is 2.33. The van der Waals surface area contributed by atoms with E-state index in [2.05, 4.69) is 5.32 Å². The molecular formula is C26H36ClN3O5S. The lowest BCUT2D eigenvalue weighted by molar-refractivity contribution is -0.141. The van der Waals surface area contributed by atoms with Gasteiger partial charge in [0, 0.05) is 12.1 Å². The third kappa shape index (κ3) is 8.13. The molecule has 2 aromatic rings. The first kappa shape index (κ1) is 29.5. The van der Waals surface area contributed by atoms with Crippen LogP contribution in [-0.2, 0) is 26.2 Å². The van der Waals surface area contributed by atoms with Gasteiger partial charge in [-0.2, -0.15) is 0 Å². The van der Waals surface area contributed by atoms with E-state index in [1.807, 2.05) is 58.9 Å². The summed E-state index contributed by atoms with van der Waals surface area (Å²) in [4.78, 5) is 28.3. The van der Waals surface area contributed by atoms with E-state index in [1.54, 1.807) is 0 Å². The van der Waals surface area contributed by atoms with Crippen molar-refractivity contribution >= 4 is 39.1 Å². The molecule has 1 unspecified atom stereocenters. The molecule has 0 saturated heterocycles. The van der Waals surface area contributed by atoms with E-state index >= 15 is 0 Å². The normalized spacial score (nSPS) is 12.6. The average Bonchev–Trinajstić information content (AvgIpc) is 2.76. The number of hydrogen-bond acceptors (Lipinski definition) is 5. The first-order valence-electron chi connectivity index (χ1n) is 11.6. The van der Waals surface area contributed by atoms with Crippen molar-refractivity contribution in [3.8, 4) is 5.75 Å². The lowest BCUT2D eigenvalue weighted by Gasteiger charge is -2.34. The van der Waals surface area contributed by atoms with Gasteiger partial charge in [-0.15, -0.1) is 0 Å². The van der Waals surface area contributed by atoms with E-state index in [0.29, 0.717) is 12.2 Å². The Morgan fingerprint density at radius 3 is 2.19 bits per heavy atom. The molecule has 0 aliphatic heterocycles. The molecule has 0 spiro atoms. The van der Waals surface area contributed by atoms with Crippen LogP contribution in [-0.4, -0.2) is 56.6 Å². The third-order valence-electron chi connectivity index (χ3n) is 5.46. The second kappa shape index (κ2) is 12.0. The Morgan fingerprint density at radius 1 is 1.11 bits per heavy atom. The van der Waals surface area contributed by atoms with Crippen LogP contribution in [0.4, 0.5) is 5.69 Å². The highest BCUT2D eigenvalue weighted by molar-refractivity contribution is 7.92. The van der Waals surface area contributed by atoms with Crippen LogP contribution in [0.15, 0.2) is 42.5 Å². The smallest absolute Gasteiger partial charge is 0.244 e. The van der Waals surface area contributed by atoms with Crippen LogP contribution in [0.3, 0.4) is 0 Å². The molecule has 0 aliphatic carbocycles. The molecular weight excluding hydrogens is 502 g/mol.